The van der Waals surface area contributed by atoms with Gasteiger partial charge >= 0.3 is 6.18 Å². The average Bonchev–Trinajstić information content (AvgIpc) is 2.84. The molecule has 1 aromatic heterocycles. The third kappa shape index (κ3) is 4.59. The molecule has 3 nitrogen and oxygen atoms in total. The number of nitrogens with one attached hydrogen (secondary N) is 1. The quantitative estimate of drug-likeness (QED) is 0.633. The molecular weight excluding hydrogens is 345 g/mol. The highest BCUT2D eigenvalue weighted by Crippen LogP contribution is 2.34. The summed E-state index contributed by atoms with van der Waals surface area (Å²) >= 11 is 2.70. The van der Waals surface area contributed by atoms with Gasteiger partial charge in [-0.05, 0) is 18.7 Å². The van der Waals surface area contributed by atoms with E-state index in [1.54, 1.807) is 13.0 Å². The second kappa shape index (κ2) is 7.18. The molecule has 0 bridgehead atoms. The van der Waals surface area contributed by atoms with E-state index in [0.717, 1.165) is 9.90 Å². The molecule has 2 aromatic rings. The molecule has 2 rings (SSSR count). The van der Waals surface area contributed by atoms with E-state index >= 15 is 0 Å². The Morgan fingerprint density at radius 3 is 2.48 bits per heavy atom. The van der Waals surface area contributed by atoms with Gasteiger partial charge in [-0.2, -0.15) is 13.2 Å². The maximum absolute atomic E-state index is 13.2. The highest BCUT2D eigenvalue weighted by Gasteiger charge is 2.35. The Balaban J connectivity index is 2.26. The average molecular weight is 358 g/mol. The molecule has 8 heteroatoms. The van der Waals surface area contributed by atoms with E-state index < -0.39 is 17.7 Å². The molecule has 0 aliphatic carbocycles. The van der Waals surface area contributed by atoms with E-state index in [4.69, 9.17) is 0 Å². The van der Waals surface area contributed by atoms with Crippen molar-refractivity contribution in [3.63, 3.8) is 0 Å². The minimum Gasteiger partial charge on any atom is -0.298 e. The second-order valence-electron chi connectivity index (χ2n) is 4.51. The number of hydrogen-bond donors (Lipinski definition) is 1. The van der Waals surface area contributed by atoms with Crippen molar-refractivity contribution < 1.29 is 18.0 Å². The minimum absolute atomic E-state index is 0.0599. The van der Waals surface area contributed by atoms with Crippen LogP contribution in [0.1, 0.15) is 11.3 Å². The van der Waals surface area contributed by atoms with Crippen molar-refractivity contribution in [2.24, 2.45) is 0 Å². The van der Waals surface area contributed by atoms with E-state index in [2.05, 4.69) is 10.3 Å². The second-order valence-corrected chi connectivity index (χ2v) is 6.58. The van der Waals surface area contributed by atoms with E-state index in [1.165, 1.54) is 47.4 Å². The molecule has 122 valence electrons. The van der Waals surface area contributed by atoms with Crippen LogP contribution in [0.25, 0.3) is 5.57 Å². The summed E-state index contributed by atoms with van der Waals surface area (Å²) in [6.07, 6.45) is -2.20. The molecule has 0 saturated heterocycles. The van der Waals surface area contributed by atoms with Crippen molar-refractivity contribution in [2.75, 3.05) is 11.6 Å². The first kappa shape index (κ1) is 17.6. The van der Waals surface area contributed by atoms with Crippen LogP contribution in [0.5, 0.6) is 0 Å². The van der Waals surface area contributed by atoms with Gasteiger partial charge in [-0.3, -0.25) is 10.1 Å². The fourth-order valence-corrected chi connectivity index (χ4v) is 3.46. The Morgan fingerprint density at radius 1 is 1.30 bits per heavy atom. The summed E-state index contributed by atoms with van der Waals surface area (Å²) in [5.74, 6) is -0.859. The number of carbonyl (C=O) groups is 1. The predicted molar refractivity (Wildman–Crippen MR) is 87.7 cm³/mol. The van der Waals surface area contributed by atoms with Gasteiger partial charge in [-0.1, -0.05) is 41.7 Å². The van der Waals surface area contributed by atoms with Gasteiger partial charge < -0.3 is 0 Å². The van der Waals surface area contributed by atoms with Crippen molar-refractivity contribution >= 4 is 39.7 Å². The number of anilines is 1. The molecule has 1 aromatic carbocycles. The zero-order chi connectivity index (χ0) is 17.0. The van der Waals surface area contributed by atoms with Crippen molar-refractivity contribution in [3.8, 4) is 0 Å². The molecule has 23 heavy (non-hydrogen) atoms. The summed E-state index contributed by atoms with van der Waals surface area (Å²) in [6.45, 7) is 1.78. The number of benzene rings is 1. The smallest absolute Gasteiger partial charge is 0.298 e. The molecule has 0 aliphatic rings. The van der Waals surface area contributed by atoms with Crippen LogP contribution in [0.15, 0.2) is 40.6 Å². The third-order valence-corrected chi connectivity index (χ3v) is 5.12. The van der Waals surface area contributed by atoms with Crippen LogP contribution in [-0.2, 0) is 4.79 Å². The van der Waals surface area contributed by atoms with E-state index in [1.807, 2.05) is 6.26 Å². The first-order chi connectivity index (χ1) is 10.8. The molecule has 1 N–H and O–H groups in total. The number of rotatable bonds is 4. The lowest BCUT2D eigenvalue weighted by Gasteiger charge is -2.11. The Morgan fingerprint density at radius 2 is 1.96 bits per heavy atom. The first-order valence-corrected chi connectivity index (χ1v) is 8.52. The van der Waals surface area contributed by atoms with Gasteiger partial charge in [-0.25, -0.2) is 4.98 Å². The van der Waals surface area contributed by atoms with Crippen LogP contribution in [0, 0.1) is 6.92 Å². The number of thioether (sulfide) groups is 1. The number of aryl methyl sites for hydroxylation is 1. The van der Waals surface area contributed by atoms with Crippen LogP contribution in [0.3, 0.4) is 0 Å². The topological polar surface area (TPSA) is 42.0 Å². The van der Waals surface area contributed by atoms with Crippen LogP contribution >= 0.6 is 23.1 Å². The van der Waals surface area contributed by atoms with Crippen molar-refractivity contribution in [1.29, 1.82) is 0 Å². The van der Waals surface area contributed by atoms with Gasteiger partial charge in [0, 0.05) is 6.08 Å². The first-order valence-electron chi connectivity index (χ1n) is 6.48. The lowest BCUT2D eigenvalue weighted by atomic mass is 10.1. The van der Waals surface area contributed by atoms with Crippen molar-refractivity contribution in [3.05, 3.63) is 47.7 Å². The highest BCUT2D eigenvalue weighted by molar-refractivity contribution is 8.00. The molecule has 0 saturated carbocycles. The minimum atomic E-state index is -4.62. The lowest BCUT2D eigenvalue weighted by molar-refractivity contribution is -0.112. The van der Waals surface area contributed by atoms with Gasteiger partial charge in [0.2, 0.25) is 0 Å². The SMILES string of the molecule is CSc1sc(NC(=O)/C=C(/c2ccccc2)C(F)(F)F)nc1C. The number of amides is 1. The summed E-state index contributed by atoms with van der Waals surface area (Å²) in [4.78, 5) is 16.0. The van der Waals surface area contributed by atoms with Gasteiger partial charge in [0.25, 0.3) is 5.91 Å². The monoisotopic (exact) mass is 358 g/mol. The molecule has 0 fully saturated rings. The number of alkyl halides is 3. The summed E-state index contributed by atoms with van der Waals surface area (Å²) in [6, 6.07) is 7.21. The number of aromatic nitrogens is 1. The number of nitrogens with zero attached hydrogens (tertiary/aromatic N) is 1. The van der Waals surface area contributed by atoms with Gasteiger partial charge in [0.1, 0.15) is 0 Å². The zero-order valence-corrected chi connectivity index (χ0v) is 13.9. The fraction of sp³-hybridized carbons (Fsp3) is 0.200. The normalized spacial score (nSPS) is 12.3. The van der Waals surface area contributed by atoms with Crippen LogP contribution < -0.4 is 5.32 Å². The van der Waals surface area contributed by atoms with Crippen LogP contribution in [0.4, 0.5) is 18.3 Å². The van der Waals surface area contributed by atoms with Gasteiger partial charge in [-0.15, -0.1) is 11.8 Å². The highest BCUT2D eigenvalue weighted by atomic mass is 32.2. The van der Waals surface area contributed by atoms with Crippen molar-refractivity contribution in [2.45, 2.75) is 17.3 Å². The molecule has 1 heterocycles. The Kier molecular flexibility index (Phi) is 5.48. The number of allylic oxidation sites excluding steroid dienone is 1. The molecule has 0 spiro atoms. The maximum Gasteiger partial charge on any atom is 0.417 e. The van der Waals surface area contributed by atoms with Crippen molar-refractivity contribution in [1.82, 2.24) is 4.98 Å². The van der Waals surface area contributed by atoms with Gasteiger partial charge in [0.15, 0.2) is 5.13 Å². The standard InChI is InChI=1S/C15H13F3N2OS2/c1-9-13(22-2)23-14(19-9)20-12(21)8-11(15(16,17)18)10-6-4-3-5-7-10/h3-8H,1-2H3,(H,19,20,21)/b11-8-. The molecular formula is C15H13F3N2OS2. The molecule has 0 aliphatic heterocycles. The Bertz CT molecular complexity index is 724. The predicted octanol–water partition coefficient (Wildman–Crippen LogP) is 4.76. The number of hydrogen-bond acceptors (Lipinski definition) is 4. The number of halogens is 3. The summed E-state index contributed by atoms with van der Waals surface area (Å²) in [5.41, 5.74) is -0.315. The summed E-state index contributed by atoms with van der Waals surface area (Å²) in [5, 5.41) is 2.67. The van der Waals surface area contributed by atoms with Crippen LogP contribution in [0.2, 0.25) is 0 Å². The molecule has 0 unspecified atom stereocenters. The third-order valence-electron chi connectivity index (χ3n) is 2.84. The molecule has 0 atom stereocenters. The van der Waals surface area contributed by atoms with E-state index in [0.29, 0.717) is 6.08 Å². The number of carbonyl (C=O) groups excluding carboxylic acids is 1. The summed E-state index contributed by atoms with van der Waals surface area (Å²) in [7, 11) is 0. The Labute approximate surface area is 139 Å². The maximum atomic E-state index is 13.2. The fourth-order valence-electron chi connectivity index (χ4n) is 1.84. The summed E-state index contributed by atoms with van der Waals surface area (Å²) < 4.78 is 40.4. The lowest BCUT2D eigenvalue weighted by Crippen LogP contribution is -2.16. The number of thiazole rings is 1. The van der Waals surface area contributed by atoms with Gasteiger partial charge in [0.05, 0.1) is 15.5 Å². The van der Waals surface area contributed by atoms with Crippen LogP contribution in [-0.4, -0.2) is 23.3 Å². The molecule has 1 amide bonds. The molecule has 0 radical (unpaired) electrons. The largest absolute Gasteiger partial charge is 0.417 e. The Hall–Kier alpha value is -1.80. The zero-order valence-electron chi connectivity index (χ0n) is 12.3. The van der Waals surface area contributed by atoms with E-state index in [9.17, 15) is 18.0 Å². The van der Waals surface area contributed by atoms with E-state index in [-0.39, 0.29) is 10.7 Å².